The van der Waals surface area contributed by atoms with Crippen LogP contribution in [0.2, 0.25) is 0 Å². The van der Waals surface area contributed by atoms with Crippen molar-refractivity contribution in [2.75, 3.05) is 38.6 Å². The summed E-state index contributed by atoms with van der Waals surface area (Å²) in [6.45, 7) is 0. The number of hydrogen-bond donors (Lipinski definition) is 1. The second-order valence-corrected chi connectivity index (χ2v) is 6.16. The monoisotopic (exact) mass is 393 g/mol. The minimum atomic E-state index is -0.340. The zero-order chi connectivity index (χ0) is 20.8. The smallest absolute Gasteiger partial charge is 0.274 e. The summed E-state index contributed by atoms with van der Waals surface area (Å²) < 4.78 is 15.9. The molecule has 1 N–H and O–H groups in total. The molecule has 3 aromatic rings. The molecule has 7 heteroatoms. The number of carbonyl (C=O) groups is 1. The van der Waals surface area contributed by atoms with E-state index in [1.54, 1.807) is 24.4 Å². The largest absolute Gasteiger partial charge is 0.493 e. The van der Waals surface area contributed by atoms with Crippen molar-refractivity contribution in [1.82, 2.24) is 4.98 Å². The Balaban J connectivity index is 1.78. The maximum Gasteiger partial charge on any atom is 0.274 e. The average Bonchev–Trinajstić information content (AvgIpc) is 2.78. The summed E-state index contributed by atoms with van der Waals surface area (Å²) in [5.74, 6) is 1.03. The van der Waals surface area contributed by atoms with Gasteiger partial charge in [0.1, 0.15) is 5.69 Å². The fraction of sp³-hybridized carbons (Fsp3) is 0.182. The quantitative estimate of drug-likeness (QED) is 0.651. The van der Waals surface area contributed by atoms with Gasteiger partial charge in [-0.1, -0.05) is 18.2 Å². The van der Waals surface area contributed by atoms with E-state index in [0.717, 1.165) is 11.4 Å². The molecule has 0 aliphatic carbocycles. The lowest BCUT2D eigenvalue weighted by molar-refractivity contribution is 0.102. The van der Waals surface area contributed by atoms with Gasteiger partial charge in [0.15, 0.2) is 11.5 Å². The molecule has 0 saturated carbocycles. The Morgan fingerprint density at radius 2 is 1.55 bits per heavy atom. The van der Waals surface area contributed by atoms with E-state index in [-0.39, 0.29) is 5.91 Å². The first-order chi connectivity index (χ1) is 14.1. The van der Waals surface area contributed by atoms with Gasteiger partial charge >= 0.3 is 0 Å². The Kier molecular flexibility index (Phi) is 6.19. The van der Waals surface area contributed by atoms with Gasteiger partial charge in [-0.2, -0.15) is 0 Å². The molecule has 3 rings (SSSR count). The van der Waals surface area contributed by atoms with Crippen molar-refractivity contribution in [3.05, 3.63) is 66.5 Å². The molecule has 0 spiro atoms. The number of hydrogen-bond acceptors (Lipinski definition) is 6. The van der Waals surface area contributed by atoms with Crippen LogP contribution in [0.25, 0.3) is 0 Å². The maximum absolute atomic E-state index is 12.6. The molecule has 1 aromatic heterocycles. The standard InChI is InChI=1S/C22H23N3O4/c1-25(16-8-6-5-7-9-16)17-10-11-18(23-14-17)22(26)24-15-12-19(27-2)21(29-4)20(13-15)28-3/h5-14H,1-4H3,(H,24,26). The molecule has 0 atom stereocenters. The molecule has 0 saturated heterocycles. The molecule has 29 heavy (non-hydrogen) atoms. The molecule has 0 bridgehead atoms. The highest BCUT2D eigenvalue weighted by atomic mass is 16.5. The van der Waals surface area contributed by atoms with E-state index in [9.17, 15) is 4.79 Å². The fourth-order valence-corrected chi connectivity index (χ4v) is 2.87. The number of nitrogens with one attached hydrogen (secondary N) is 1. The van der Waals surface area contributed by atoms with Crippen LogP contribution in [0.4, 0.5) is 17.1 Å². The molecule has 150 valence electrons. The minimum Gasteiger partial charge on any atom is -0.493 e. The van der Waals surface area contributed by atoms with Crippen LogP contribution in [-0.4, -0.2) is 39.3 Å². The van der Waals surface area contributed by atoms with Crippen LogP contribution in [-0.2, 0) is 0 Å². The summed E-state index contributed by atoms with van der Waals surface area (Å²) in [4.78, 5) is 18.9. The van der Waals surface area contributed by atoms with Gasteiger partial charge < -0.3 is 24.4 Å². The third-order valence-corrected chi connectivity index (χ3v) is 4.43. The minimum absolute atomic E-state index is 0.295. The Labute approximate surface area is 169 Å². The molecule has 0 aliphatic heterocycles. The van der Waals surface area contributed by atoms with Gasteiger partial charge in [-0.3, -0.25) is 4.79 Å². The summed E-state index contributed by atoms with van der Waals surface area (Å²) in [5.41, 5.74) is 2.71. The number of carbonyl (C=O) groups excluding carboxylic acids is 1. The number of nitrogens with zero attached hydrogens (tertiary/aromatic N) is 2. The number of anilines is 3. The van der Waals surface area contributed by atoms with Gasteiger partial charge in [-0.25, -0.2) is 4.98 Å². The van der Waals surface area contributed by atoms with E-state index in [2.05, 4.69) is 10.3 Å². The summed E-state index contributed by atoms with van der Waals surface area (Å²) in [6, 6.07) is 16.8. The molecule has 2 aromatic carbocycles. The van der Waals surface area contributed by atoms with E-state index in [0.29, 0.717) is 28.6 Å². The normalized spacial score (nSPS) is 10.2. The zero-order valence-corrected chi connectivity index (χ0v) is 16.8. The predicted molar refractivity (Wildman–Crippen MR) is 113 cm³/mol. The third-order valence-electron chi connectivity index (χ3n) is 4.43. The van der Waals surface area contributed by atoms with Crippen molar-refractivity contribution in [1.29, 1.82) is 0 Å². The molecular formula is C22H23N3O4. The van der Waals surface area contributed by atoms with Crippen molar-refractivity contribution < 1.29 is 19.0 Å². The van der Waals surface area contributed by atoms with E-state index >= 15 is 0 Å². The molecule has 1 amide bonds. The number of aromatic nitrogens is 1. The number of benzene rings is 2. The predicted octanol–water partition coefficient (Wildman–Crippen LogP) is 4.13. The van der Waals surface area contributed by atoms with Gasteiger partial charge in [0, 0.05) is 30.6 Å². The highest BCUT2D eigenvalue weighted by Gasteiger charge is 2.16. The highest BCUT2D eigenvalue weighted by Crippen LogP contribution is 2.40. The summed E-state index contributed by atoms with van der Waals surface area (Å²) >= 11 is 0. The van der Waals surface area contributed by atoms with Crippen LogP contribution >= 0.6 is 0 Å². The number of ether oxygens (including phenoxy) is 3. The lowest BCUT2D eigenvalue weighted by Crippen LogP contribution is -2.15. The van der Waals surface area contributed by atoms with E-state index in [1.165, 1.54) is 21.3 Å². The molecule has 1 heterocycles. The Hall–Kier alpha value is -3.74. The molecular weight excluding hydrogens is 370 g/mol. The van der Waals surface area contributed by atoms with Crippen molar-refractivity contribution in [3.8, 4) is 17.2 Å². The van der Waals surface area contributed by atoms with Gasteiger partial charge in [-0.05, 0) is 24.3 Å². The second kappa shape index (κ2) is 8.97. The number of pyridine rings is 1. The summed E-state index contributed by atoms with van der Waals surface area (Å²) in [7, 11) is 6.51. The average molecular weight is 393 g/mol. The molecule has 0 unspecified atom stereocenters. The SMILES string of the molecule is COc1cc(NC(=O)c2ccc(N(C)c3ccccc3)cn2)cc(OC)c1OC. The maximum atomic E-state index is 12.6. The molecule has 0 fully saturated rings. The van der Waals surface area contributed by atoms with Crippen LogP contribution in [0.5, 0.6) is 17.2 Å². The molecule has 0 radical (unpaired) electrons. The second-order valence-electron chi connectivity index (χ2n) is 6.16. The first kappa shape index (κ1) is 20.0. The van der Waals surface area contributed by atoms with Crippen molar-refractivity contribution in [2.45, 2.75) is 0 Å². The fourth-order valence-electron chi connectivity index (χ4n) is 2.87. The first-order valence-corrected chi connectivity index (χ1v) is 8.93. The van der Waals surface area contributed by atoms with Gasteiger partial charge in [-0.15, -0.1) is 0 Å². The Bertz CT molecular complexity index is 950. The Morgan fingerprint density at radius 3 is 2.07 bits per heavy atom. The number of methoxy groups -OCH3 is 3. The van der Waals surface area contributed by atoms with Gasteiger partial charge in [0.2, 0.25) is 5.75 Å². The zero-order valence-electron chi connectivity index (χ0n) is 16.8. The number of amides is 1. The van der Waals surface area contributed by atoms with E-state index in [1.807, 2.05) is 48.3 Å². The number of para-hydroxylation sites is 1. The molecule has 7 nitrogen and oxygen atoms in total. The first-order valence-electron chi connectivity index (χ1n) is 8.93. The van der Waals surface area contributed by atoms with Crippen molar-refractivity contribution in [2.24, 2.45) is 0 Å². The van der Waals surface area contributed by atoms with Crippen molar-refractivity contribution >= 4 is 23.0 Å². The highest BCUT2D eigenvalue weighted by molar-refractivity contribution is 6.03. The lowest BCUT2D eigenvalue weighted by Gasteiger charge is -2.19. The number of rotatable bonds is 7. The van der Waals surface area contributed by atoms with Crippen LogP contribution in [0.3, 0.4) is 0 Å². The van der Waals surface area contributed by atoms with E-state index < -0.39 is 0 Å². The van der Waals surface area contributed by atoms with E-state index in [4.69, 9.17) is 14.2 Å². The van der Waals surface area contributed by atoms with Crippen LogP contribution in [0, 0.1) is 0 Å². The Morgan fingerprint density at radius 1 is 0.897 bits per heavy atom. The lowest BCUT2D eigenvalue weighted by atomic mass is 10.2. The van der Waals surface area contributed by atoms with Crippen molar-refractivity contribution in [3.63, 3.8) is 0 Å². The topological polar surface area (TPSA) is 72.9 Å². The van der Waals surface area contributed by atoms with Gasteiger partial charge in [0.05, 0.1) is 33.2 Å². The summed E-state index contributed by atoms with van der Waals surface area (Å²) in [6.07, 6.45) is 1.66. The van der Waals surface area contributed by atoms with Crippen LogP contribution in [0.1, 0.15) is 10.5 Å². The summed E-state index contributed by atoms with van der Waals surface area (Å²) in [5, 5.41) is 2.81. The molecule has 0 aliphatic rings. The third kappa shape index (κ3) is 4.40. The van der Waals surface area contributed by atoms with Crippen LogP contribution < -0.4 is 24.4 Å². The van der Waals surface area contributed by atoms with Crippen LogP contribution in [0.15, 0.2) is 60.8 Å². The van der Waals surface area contributed by atoms with Gasteiger partial charge in [0.25, 0.3) is 5.91 Å².